The van der Waals surface area contributed by atoms with E-state index in [1.54, 1.807) is 23.9 Å². The van der Waals surface area contributed by atoms with Crippen LogP contribution in [0.3, 0.4) is 0 Å². The van der Waals surface area contributed by atoms with E-state index in [1.165, 1.54) is 23.7 Å². The lowest BCUT2D eigenvalue weighted by Gasteiger charge is -1.99. The van der Waals surface area contributed by atoms with E-state index in [4.69, 9.17) is 0 Å². The van der Waals surface area contributed by atoms with Crippen LogP contribution in [0.2, 0.25) is 0 Å². The molecular formula is C14H15Cl2N3O2S2. The third-order valence-electron chi connectivity index (χ3n) is 2.98. The second-order valence-corrected chi connectivity index (χ2v) is 7.59. The molecule has 1 aromatic carbocycles. The Morgan fingerprint density at radius 3 is 2.39 bits per heavy atom. The van der Waals surface area contributed by atoms with Crippen molar-refractivity contribution in [3.05, 3.63) is 54.9 Å². The molecule has 0 bridgehead atoms. The van der Waals surface area contributed by atoms with Crippen LogP contribution in [0.4, 0.5) is 5.00 Å². The number of hydrogen-bond donors (Lipinski definition) is 1. The normalized spacial score (nSPS) is 10.5. The summed E-state index contributed by atoms with van der Waals surface area (Å²) in [4.78, 5) is 0.191. The van der Waals surface area contributed by atoms with Gasteiger partial charge in [0.2, 0.25) is 9.84 Å². The fraction of sp³-hybridized carbons (Fsp3) is 0.0714. The summed E-state index contributed by atoms with van der Waals surface area (Å²) in [6.45, 7) is 0. The van der Waals surface area contributed by atoms with Crippen LogP contribution in [0.25, 0.3) is 5.69 Å². The number of anilines is 1. The predicted octanol–water partition coefficient (Wildman–Crippen LogP) is 3.65. The Morgan fingerprint density at radius 1 is 1.09 bits per heavy atom. The minimum Gasteiger partial charge on any atom is -0.380 e. The van der Waals surface area contributed by atoms with Gasteiger partial charge >= 0.3 is 0 Å². The highest BCUT2D eigenvalue weighted by molar-refractivity contribution is 7.93. The predicted molar refractivity (Wildman–Crippen MR) is 97.4 cm³/mol. The van der Waals surface area contributed by atoms with Crippen LogP contribution >= 0.6 is 36.2 Å². The summed E-state index contributed by atoms with van der Waals surface area (Å²) in [5.41, 5.74) is 0.820. The molecule has 2 aromatic heterocycles. The fourth-order valence-corrected chi connectivity index (χ4v) is 4.37. The van der Waals surface area contributed by atoms with Crippen molar-refractivity contribution in [3.8, 4) is 5.69 Å². The van der Waals surface area contributed by atoms with Crippen LogP contribution in [0.5, 0.6) is 0 Å². The van der Waals surface area contributed by atoms with E-state index < -0.39 is 9.84 Å². The van der Waals surface area contributed by atoms with Gasteiger partial charge < -0.3 is 5.32 Å². The van der Waals surface area contributed by atoms with E-state index in [0.29, 0.717) is 4.21 Å². The minimum atomic E-state index is -3.52. The maximum Gasteiger partial charge on any atom is 0.219 e. The molecule has 0 spiro atoms. The molecule has 2 heterocycles. The van der Waals surface area contributed by atoms with E-state index in [2.05, 4.69) is 10.4 Å². The molecule has 5 nitrogen and oxygen atoms in total. The number of nitrogens with zero attached hydrogens (tertiary/aromatic N) is 2. The minimum absolute atomic E-state index is 0. The molecule has 0 aliphatic carbocycles. The molecule has 0 amide bonds. The summed E-state index contributed by atoms with van der Waals surface area (Å²) in [6.07, 6.45) is 2.91. The van der Waals surface area contributed by atoms with Gasteiger partial charge in [-0.05, 0) is 24.3 Å². The molecule has 0 saturated heterocycles. The van der Waals surface area contributed by atoms with E-state index in [-0.39, 0.29) is 29.7 Å². The second kappa shape index (κ2) is 7.83. The van der Waals surface area contributed by atoms with Crippen LogP contribution in [0.15, 0.2) is 64.0 Å². The molecular weight excluding hydrogens is 377 g/mol. The van der Waals surface area contributed by atoms with Gasteiger partial charge in [0.05, 0.1) is 16.9 Å². The third kappa shape index (κ3) is 3.87. The summed E-state index contributed by atoms with van der Waals surface area (Å²) in [6, 6.07) is 12.7. The lowest BCUT2D eigenvalue weighted by Crippen LogP contribution is -1.98. The summed E-state index contributed by atoms with van der Waals surface area (Å²) in [5, 5.41) is 7.88. The Morgan fingerprint density at radius 2 is 1.78 bits per heavy atom. The largest absolute Gasteiger partial charge is 0.380 e. The van der Waals surface area contributed by atoms with Crippen molar-refractivity contribution in [1.29, 1.82) is 0 Å². The van der Waals surface area contributed by atoms with Gasteiger partial charge in [-0.2, -0.15) is 5.10 Å². The Kier molecular flexibility index (Phi) is 6.64. The number of benzene rings is 1. The number of nitrogens with one attached hydrogen (secondary N) is 1. The lowest BCUT2D eigenvalue weighted by atomic mass is 10.3. The average Bonchev–Trinajstić information content (AvgIpc) is 3.18. The van der Waals surface area contributed by atoms with Gasteiger partial charge in [0, 0.05) is 13.2 Å². The first-order valence-corrected chi connectivity index (χ1v) is 8.54. The summed E-state index contributed by atoms with van der Waals surface area (Å²) in [7, 11) is -1.76. The van der Waals surface area contributed by atoms with Crippen LogP contribution in [0.1, 0.15) is 0 Å². The summed E-state index contributed by atoms with van der Waals surface area (Å²) in [5.74, 6) is 0. The molecule has 0 radical (unpaired) electrons. The highest BCUT2D eigenvalue weighted by atomic mass is 35.5. The molecule has 124 valence electrons. The molecule has 3 aromatic rings. The van der Waals surface area contributed by atoms with Crippen LogP contribution in [-0.2, 0) is 9.84 Å². The molecule has 1 N–H and O–H groups in total. The number of para-hydroxylation sites is 1. The number of sulfone groups is 1. The fourth-order valence-electron chi connectivity index (χ4n) is 1.88. The van der Waals surface area contributed by atoms with Gasteiger partial charge in [-0.25, -0.2) is 13.1 Å². The van der Waals surface area contributed by atoms with E-state index in [9.17, 15) is 8.42 Å². The van der Waals surface area contributed by atoms with Crippen LogP contribution in [0, 0.1) is 0 Å². The van der Waals surface area contributed by atoms with Gasteiger partial charge in [0.1, 0.15) is 9.10 Å². The molecule has 3 rings (SSSR count). The first kappa shape index (κ1) is 19.5. The topological polar surface area (TPSA) is 64.0 Å². The maximum atomic E-state index is 12.5. The lowest BCUT2D eigenvalue weighted by molar-refractivity contribution is 0.598. The first-order chi connectivity index (χ1) is 10.1. The maximum absolute atomic E-state index is 12.5. The van der Waals surface area contributed by atoms with Crippen LogP contribution in [-0.4, -0.2) is 25.2 Å². The summed E-state index contributed by atoms with van der Waals surface area (Å²) >= 11 is 1.20. The molecule has 0 unspecified atom stereocenters. The van der Waals surface area contributed by atoms with Crippen molar-refractivity contribution >= 4 is 51.0 Å². The van der Waals surface area contributed by atoms with Gasteiger partial charge in [0.25, 0.3) is 0 Å². The Hall–Kier alpha value is -1.54. The van der Waals surface area contributed by atoms with Crippen molar-refractivity contribution in [2.75, 3.05) is 12.4 Å². The molecule has 0 fully saturated rings. The molecule has 9 heteroatoms. The van der Waals surface area contributed by atoms with Crippen molar-refractivity contribution in [2.45, 2.75) is 9.10 Å². The smallest absolute Gasteiger partial charge is 0.219 e. The average molecular weight is 392 g/mol. The third-order valence-corrected chi connectivity index (χ3v) is 6.29. The number of halogens is 2. The van der Waals surface area contributed by atoms with E-state index in [0.717, 1.165) is 10.7 Å². The Labute approximate surface area is 151 Å². The van der Waals surface area contributed by atoms with Crippen LogP contribution < -0.4 is 5.32 Å². The molecule has 0 atom stereocenters. The molecule has 23 heavy (non-hydrogen) atoms. The SMILES string of the molecule is CNc1ccc(S(=O)(=O)c2cnn(-c3ccccc3)c2)s1.Cl.Cl. The standard InChI is InChI=1S/C14H13N3O2S2.2ClH/c1-15-13-7-8-14(20-13)21(18,19)12-9-16-17(10-12)11-5-3-2-4-6-11;;/h2-10,15H,1H3;2*1H. The second-order valence-electron chi connectivity index (χ2n) is 4.33. The monoisotopic (exact) mass is 391 g/mol. The number of thiophene rings is 1. The summed E-state index contributed by atoms with van der Waals surface area (Å²) < 4.78 is 26.9. The number of aromatic nitrogens is 2. The highest BCUT2D eigenvalue weighted by Crippen LogP contribution is 2.30. The molecule has 0 aliphatic rings. The zero-order chi connectivity index (χ0) is 14.9. The zero-order valence-electron chi connectivity index (χ0n) is 12.0. The van der Waals surface area contributed by atoms with Gasteiger partial charge in [-0.3, -0.25) is 0 Å². The molecule has 0 saturated carbocycles. The number of rotatable bonds is 4. The van der Waals surface area contributed by atoms with Crippen molar-refractivity contribution in [1.82, 2.24) is 9.78 Å². The zero-order valence-corrected chi connectivity index (χ0v) is 15.3. The van der Waals surface area contributed by atoms with Gasteiger partial charge in [0.15, 0.2) is 0 Å². The number of hydrogen-bond acceptors (Lipinski definition) is 5. The van der Waals surface area contributed by atoms with Crippen molar-refractivity contribution in [2.24, 2.45) is 0 Å². The molecule has 0 aliphatic heterocycles. The highest BCUT2D eigenvalue weighted by Gasteiger charge is 2.22. The van der Waals surface area contributed by atoms with Gasteiger partial charge in [-0.1, -0.05) is 18.2 Å². The van der Waals surface area contributed by atoms with Crippen molar-refractivity contribution in [3.63, 3.8) is 0 Å². The Bertz CT molecular complexity index is 861. The van der Waals surface area contributed by atoms with E-state index in [1.807, 2.05) is 30.3 Å². The Balaban J connectivity index is 0.00000132. The first-order valence-electron chi connectivity index (χ1n) is 6.24. The van der Waals surface area contributed by atoms with Gasteiger partial charge in [-0.15, -0.1) is 36.2 Å². The van der Waals surface area contributed by atoms with E-state index >= 15 is 0 Å². The quantitative estimate of drug-likeness (QED) is 0.736. The van der Waals surface area contributed by atoms with Crippen molar-refractivity contribution < 1.29 is 8.42 Å².